The van der Waals surface area contributed by atoms with Crippen molar-refractivity contribution in [1.82, 2.24) is 19.7 Å². The summed E-state index contributed by atoms with van der Waals surface area (Å²) in [6.45, 7) is 0.428. The van der Waals surface area contributed by atoms with Crippen molar-refractivity contribution in [3.63, 3.8) is 0 Å². The van der Waals surface area contributed by atoms with E-state index in [9.17, 15) is 4.79 Å². The minimum atomic E-state index is -0.266. The van der Waals surface area contributed by atoms with Crippen molar-refractivity contribution in [3.05, 3.63) is 72.7 Å². The normalized spacial score (nSPS) is 10.6. The Hall–Kier alpha value is -4.07. The lowest BCUT2D eigenvalue weighted by Gasteiger charge is -2.09. The molecule has 0 atom stereocenters. The number of nitrogens with one attached hydrogen (secondary N) is 3. The summed E-state index contributed by atoms with van der Waals surface area (Å²) < 4.78 is 7.11. The zero-order chi connectivity index (χ0) is 20.9. The van der Waals surface area contributed by atoms with Crippen LogP contribution in [0, 0.1) is 0 Å². The molecule has 2 aromatic heterocycles. The van der Waals surface area contributed by atoms with Crippen molar-refractivity contribution in [1.29, 1.82) is 0 Å². The van der Waals surface area contributed by atoms with Crippen LogP contribution in [0.15, 0.2) is 67.1 Å². The number of carbonyl (C=O) groups excluding carboxylic acids is 1. The van der Waals surface area contributed by atoms with Crippen LogP contribution in [0.25, 0.3) is 16.9 Å². The van der Waals surface area contributed by atoms with Gasteiger partial charge in [-0.25, -0.2) is 14.8 Å². The molecule has 0 saturated heterocycles. The molecule has 0 aliphatic carbocycles. The number of aromatic nitrogens is 3. The summed E-state index contributed by atoms with van der Waals surface area (Å²) in [6.07, 6.45) is 5.41. The number of amides is 2. The van der Waals surface area contributed by atoms with Crippen LogP contribution in [0.1, 0.15) is 5.56 Å². The van der Waals surface area contributed by atoms with Crippen LogP contribution in [-0.4, -0.2) is 34.6 Å². The van der Waals surface area contributed by atoms with Crippen molar-refractivity contribution < 1.29 is 9.53 Å². The maximum atomic E-state index is 12.2. The molecular weight excluding hydrogens is 380 g/mol. The molecule has 4 rings (SSSR count). The van der Waals surface area contributed by atoms with Gasteiger partial charge in [0.15, 0.2) is 11.5 Å². The highest BCUT2D eigenvalue weighted by Crippen LogP contribution is 2.24. The zero-order valence-corrected chi connectivity index (χ0v) is 16.7. The van der Waals surface area contributed by atoms with E-state index in [1.54, 1.807) is 13.3 Å². The van der Waals surface area contributed by atoms with Gasteiger partial charge in [-0.1, -0.05) is 24.3 Å². The lowest BCUT2D eigenvalue weighted by molar-refractivity contribution is 0.251. The van der Waals surface area contributed by atoms with Crippen LogP contribution in [0.5, 0.6) is 5.75 Å². The Bertz CT molecular complexity index is 1150. The number of nitrogens with zero attached hydrogens (tertiary/aromatic N) is 3. The number of urea groups is 1. The zero-order valence-electron chi connectivity index (χ0n) is 16.7. The molecule has 3 N–H and O–H groups in total. The van der Waals surface area contributed by atoms with Gasteiger partial charge < -0.3 is 20.7 Å². The van der Waals surface area contributed by atoms with Gasteiger partial charge in [0.25, 0.3) is 0 Å². The first kappa shape index (κ1) is 19.3. The molecule has 2 aromatic carbocycles. The molecular formula is C22H22N6O2. The van der Waals surface area contributed by atoms with Crippen LogP contribution in [-0.2, 0) is 6.54 Å². The second-order valence-electron chi connectivity index (χ2n) is 6.60. The Morgan fingerprint density at radius 3 is 2.53 bits per heavy atom. The van der Waals surface area contributed by atoms with Gasteiger partial charge in [0.05, 0.1) is 19.0 Å². The van der Waals surface area contributed by atoms with E-state index in [1.807, 2.05) is 72.4 Å². The maximum Gasteiger partial charge on any atom is 0.319 e. The molecule has 0 fully saturated rings. The predicted molar refractivity (Wildman–Crippen MR) is 117 cm³/mol. The third-order valence-corrected chi connectivity index (χ3v) is 4.72. The average molecular weight is 402 g/mol. The summed E-state index contributed by atoms with van der Waals surface area (Å²) in [4.78, 5) is 20.9. The van der Waals surface area contributed by atoms with E-state index in [0.717, 1.165) is 34.0 Å². The third-order valence-electron chi connectivity index (χ3n) is 4.72. The van der Waals surface area contributed by atoms with Crippen molar-refractivity contribution in [2.75, 3.05) is 24.8 Å². The highest BCUT2D eigenvalue weighted by molar-refractivity contribution is 5.89. The maximum absolute atomic E-state index is 12.2. The van der Waals surface area contributed by atoms with Gasteiger partial charge in [-0.2, -0.15) is 0 Å². The van der Waals surface area contributed by atoms with Gasteiger partial charge >= 0.3 is 6.03 Å². The van der Waals surface area contributed by atoms with Crippen molar-refractivity contribution >= 4 is 23.2 Å². The first-order valence-electron chi connectivity index (χ1n) is 9.46. The van der Waals surface area contributed by atoms with Crippen LogP contribution >= 0.6 is 0 Å². The van der Waals surface area contributed by atoms with Crippen LogP contribution in [0.2, 0.25) is 0 Å². The smallest absolute Gasteiger partial charge is 0.319 e. The number of hydrogen-bond acceptors (Lipinski definition) is 5. The predicted octanol–water partition coefficient (Wildman–Crippen LogP) is 3.77. The van der Waals surface area contributed by atoms with Crippen LogP contribution < -0.4 is 20.7 Å². The minimum Gasteiger partial charge on any atom is -0.497 e. The van der Waals surface area contributed by atoms with Gasteiger partial charge in [-0.15, -0.1) is 0 Å². The van der Waals surface area contributed by atoms with Crippen molar-refractivity contribution in [3.8, 4) is 17.0 Å². The quantitative estimate of drug-likeness (QED) is 0.457. The summed E-state index contributed by atoms with van der Waals surface area (Å²) in [5, 5.41) is 8.73. The Balaban J connectivity index is 1.40. The molecule has 0 aliphatic heterocycles. The molecule has 0 saturated carbocycles. The average Bonchev–Trinajstić information content (AvgIpc) is 3.23. The third kappa shape index (κ3) is 4.02. The molecule has 0 radical (unpaired) electrons. The number of benzene rings is 2. The van der Waals surface area contributed by atoms with Crippen molar-refractivity contribution in [2.24, 2.45) is 0 Å². The molecule has 0 bridgehead atoms. The van der Waals surface area contributed by atoms with Gasteiger partial charge in [-0.05, 0) is 29.8 Å². The fourth-order valence-corrected chi connectivity index (χ4v) is 3.13. The van der Waals surface area contributed by atoms with E-state index in [1.165, 1.54) is 0 Å². The number of ether oxygens (including phenoxy) is 1. The van der Waals surface area contributed by atoms with Gasteiger partial charge in [0.1, 0.15) is 5.75 Å². The molecule has 0 aliphatic rings. The van der Waals surface area contributed by atoms with Gasteiger partial charge in [0, 0.05) is 37.2 Å². The van der Waals surface area contributed by atoms with E-state index in [0.29, 0.717) is 12.2 Å². The van der Waals surface area contributed by atoms with E-state index >= 15 is 0 Å². The highest BCUT2D eigenvalue weighted by atomic mass is 16.5. The standard InChI is InChI=1S/C22H22N6O2/c1-23-20-21-25-14-19(28(21)12-11-24-20)16-5-7-17(8-6-16)27-22(29)26-13-15-3-9-18(30-2)10-4-15/h3-12,14H,13H2,1-2H3,(H,23,24)(H2,26,27,29). The van der Waals surface area contributed by atoms with Gasteiger partial charge in [0.2, 0.25) is 0 Å². The van der Waals surface area contributed by atoms with E-state index in [2.05, 4.69) is 25.9 Å². The molecule has 0 unspecified atom stereocenters. The molecule has 30 heavy (non-hydrogen) atoms. The molecule has 2 heterocycles. The molecule has 8 heteroatoms. The Morgan fingerprint density at radius 1 is 1.07 bits per heavy atom. The Labute approximate surface area is 173 Å². The van der Waals surface area contributed by atoms with Crippen molar-refractivity contribution in [2.45, 2.75) is 6.54 Å². The molecule has 8 nitrogen and oxygen atoms in total. The fourth-order valence-electron chi connectivity index (χ4n) is 3.13. The van der Waals surface area contributed by atoms with Gasteiger partial charge in [-0.3, -0.25) is 4.40 Å². The number of hydrogen-bond donors (Lipinski definition) is 3. The molecule has 152 valence electrons. The molecule has 4 aromatic rings. The number of rotatable bonds is 6. The first-order chi connectivity index (χ1) is 14.7. The second-order valence-corrected chi connectivity index (χ2v) is 6.60. The molecule has 0 spiro atoms. The number of methoxy groups -OCH3 is 1. The largest absolute Gasteiger partial charge is 0.497 e. The van der Waals surface area contributed by atoms with E-state index in [-0.39, 0.29) is 6.03 Å². The topological polar surface area (TPSA) is 92.6 Å². The summed E-state index contributed by atoms with van der Waals surface area (Å²) >= 11 is 0. The first-order valence-corrected chi connectivity index (χ1v) is 9.46. The summed E-state index contributed by atoms with van der Waals surface area (Å²) in [5.41, 5.74) is 4.39. The Kier molecular flexibility index (Phi) is 5.47. The summed E-state index contributed by atoms with van der Waals surface area (Å²) in [7, 11) is 3.44. The SMILES string of the molecule is CNc1nccn2c(-c3ccc(NC(=O)NCc4ccc(OC)cc4)cc3)cnc12. The van der Waals surface area contributed by atoms with Crippen LogP contribution in [0.3, 0.4) is 0 Å². The summed E-state index contributed by atoms with van der Waals surface area (Å²) in [6, 6.07) is 14.9. The number of fused-ring (bicyclic) bond motifs is 1. The number of carbonyl (C=O) groups is 1. The lowest BCUT2D eigenvalue weighted by Crippen LogP contribution is -2.28. The minimum absolute atomic E-state index is 0.266. The number of anilines is 2. The van der Waals surface area contributed by atoms with E-state index in [4.69, 9.17) is 4.74 Å². The summed E-state index contributed by atoms with van der Waals surface area (Å²) in [5.74, 6) is 1.50. The second kappa shape index (κ2) is 8.52. The van der Waals surface area contributed by atoms with E-state index < -0.39 is 0 Å². The highest BCUT2D eigenvalue weighted by Gasteiger charge is 2.10. The lowest BCUT2D eigenvalue weighted by atomic mass is 10.1. The monoisotopic (exact) mass is 402 g/mol. The fraction of sp³-hybridized carbons (Fsp3) is 0.136. The molecule has 2 amide bonds. The number of imidazole rings is 1. The Morgan fingerprint density at radius 2 is 1.83 bits per heavy atom. The van der Waals surface area contributed by atoms with Crippen LogP contribution in [0.4, 0.5) is 16.3 Å².